The fraction of sp³-hybridized carbons (Fsp3) is 0.644. The molecule has 4 saturated carbocycles. The zero-order valence-corrected chi connectivity index (χ0v) is 46.0. The van der Waals surface area contributed by atoms with Crippen LogP contribution in [-0.4, -0.2) is 87.7 Å². The molecule has 0 unspecified atom stereocenters. The van der Waals surface area contributed by atoms with Gasteiger partial charge in [-0.3, -0.25) is 9.59 Å². The van der Waals surface area contributed by atoms with Crippen LogP contribution in [-0.2, 0) is 57.2 Å². The molecule has 1 aliphatic heterocycles. The van der Waals surface area contributed by atoms with E-state index in [1.54, 1.807) is 12.1 Å². The number of carbonyl (C=O) groups is 6. The second-order valence-corrected chi connectivity index (χ2v) is 23.0. The molecule has 0 atom stereocenters. The molecule has 4 fully saturated rings. The smallest absolute Gasteiger partial charge is 0.350 e. The minimum atomic E-state index is -0.809. The standard InChI is InChI=1S/C59H79NO14S2/c1-4-51(61)69-35-11-7-9-33-67-46-27-23-42(24-28-46)40-15-19-44(20-16-40)56(64)73-49-31-32-50(55-54(49)75-59(76-55)48(39-60)58(66)72-38-14-13-37-71-53(63)6-3)74-57(65)45-21-17-41(18-22-45)43-25-29-47(30-26-43)68-34-10-8-12-36-70-52(62)5-2/h4-6,31-32,40-47H,1-3,7-30,33-38H2. The van der Waals surface area contributed by atoms with Gasteiger partial charge in [0.05, 0.1) is 64.5 Å². The third-order valence-electron chi connectivity index (χ3n) is 15.6. The average molecular weight is 1090 g/mol. The predicted molar refractivity (Wildman–Crippen MR) is 288 cm³/mol. The van der Waals surface area contributed by atoms with E-state index in [0.717, 1.165) is 171 Å². The summed E-state index contributed by atoms with van der Waals surface area (Å²) in [5.41, 5.74) is -0.210. The molecule has 76 heavy (non-hydrogen) atoms. The number of unbranched alkanes of at least 4 members (excludes halogenated alkanes) is 5. The van der Waals surface area contributed by atoms with Crippen LogP contribution in [0.15, 0.2) is 69.7 Å². The van der Waals surface area contributed by atoms with Gasteiger partial charge in [0.1, 0.15) is 17.6 Å². The minimum absolute atomic E-state index is 0.00734. The minimum Gasteiger partial charge on any atom is -0.463 e. The lowest BCUT2D eigenvalue weighted by molar-refractivity contribution is -0.142. The summed E-state index contributed by atoms with van der Waals surface area (Å²) in [5, 5.41) is 10.3. The van der Waals surface area contributed by atoms with Crippen LogP contribution < -0.4 is 9.47 Å². The fourth-order valence-electron chi connectivity index (χ4n) is 11.3. The Morgan fingerprint density at radius 1 is 0.474 bits per heavy atom. The number of benzene rings is 1. The van der Waals surface area contributed by atoms with E-state index in [9.17, 15) is 34.0 Å². The molecular formula is C59H79NO14S2. The normalized spacial score (nSPS) is 24.1. The Hall–Kier alpha value is -4.89. The highest BCUT2D eigenvalue weighted by Crippen LogP contribution is 2.59. The van der Waals surface area contributed by atoms with Crippen LogP contribution in [0.4, 0.5) is 0 Å². The molecule has 0 radical (unpaired) electrons. The van der Waals surface area contributed by atoms with Gasteiger partial charge in [-0.25, -0.2) is 19.2 Å². The zero-order chi connectivity index (χ0) is 54.1. The van der Waals surface area contributed by atoms with Gasteiger partial charge in [0, 0.05) is 31.4 Å². The van der Waals surface area contributed by atoms with Crippen molar-refractivity contribution in [1.29, 1.82) is 5.26 Å². The Bertz CT molecular complexity index is 2090. The number of thioether (sulfide) groups is 2. The maximum Gasteiger partial charge on any atom is 0.350 e. The summed E-state index contributed by atoms with van der Waals surface area (Å²) in [7, 11) is 0. The fourth-order valence-corrected chi connectivity index (χ4v) is 13.8. The molecule has 1 heterocycles. The van der Waals surface area contributed by atoms with E-state index in [0.29, 0.717) is 77.0 Å². The lowest BCUT2D eigenvalue weighted by Gasteiger charge is -2.37. The summed E-state index contributed by atoms with van der Waals surface area (Å²) in [4.78, 5) is 76.0. The Morgan fingerprint density at radius 2 is 0.803 bits per heavy atom. The second-order valence-electron chi connectivity index (χ2n) is 20.7. The van der Waals surface area contributed by atoms with E-state index < -0.39 is 11.9 Å². The number of carbonyl (C=O) groups excluding carboxylic acids is 6. The molecule has 0 saturated heterocycles. The summed E-state index contributed by atoms with van der Waals surface area (Å²) in [6.07, 6.45) is 25.5. The molecule has 6 rings (SSSR count). The van der Waals surface area contributed by atoms with E-state index in [4.69, 9.17) is 37.9 Å². The Morgan fingerprint density at radius 3 is 1.16 bits per heavy atom. The number of nitrogens with zero attached hydrogens (tertiary/aromatic N) is 1. The van der Waals surface area contributed by atoms with Gasteiger partial charge in [-0.15, -0.1) is 0 Å². The third-order valence-corrected chi connectivity index (χ3v) is 18.3. The summed E-state index contributed by atoms with van der Waals surface area (Å²) >= 11 is 2.25. The molecule has 0 amide bonds. The Balaban J connectivity index is 0.991. The van der Waals surface area contributed by atoms with Gasteiger partial charge in [-0.05, 0) is 190 Å². The van der Waals surface area contributed by atoms with Gasteiger partial charge >= 0.3 is 35.8 Å². The van der Waals surface area contributed by atoms with Crippen LogP contribution in [0.5, 0.6) is 11.5 Å². The van der Waals surface area contributed by atoms with Crippen LogP contribution in [0.25, 0.3) is 0 Å². The monoisotopic (exact) mass is 1090 g/mol. The number of nitriles is 1. The van der Waals surface area contributed by atoms with Crippen LogP contribution >= 0.6 is 23.5 Å². The number of rotatable bonds is 29. The van der Waals surface area contributed by atoms with Gasteiger partial charge in [-0.1, -0.05) is 43.3 Å². The molecular weight excluding hydrogens is 1010 g/mol. The van der Waals surface area contributed by atoms with Gasteiger partial charge in [-0.2, -0.15) is 5.26 Å². The molecule has 416 valence electrons. The lowest BCUT2D eigenvalue weighted by Crippen LogP contribution is -2.31. The first-order valence-electron chi connectivity index (χ1n) is 27.9. The van der Waals surface area contributed by atoms with Crippen molar-refractivity contribution in [2.75, 3.05) is 39.6 Å². The molecule has 0 spiro atoms. The SMILES string of the molecule is C=CC(=O)OCCCCCOC1CCC(C2CCC(C(=O)Oc3ccc(OC(=O)C4CCC(C5CCC(OCCCCCOC(=O)C=C)CC5)CC4)c4c3SC(=C(C#N)C(=O)OCCCCOC(=O)C=C)S4)CC2)CC1. The Labute approximate surface area is 458 Å². The second kappa shape index (κ2) is 32.8. The molecule has 17 heteroatoms. The van der Waals surface area contributed by atoms with Crippen molar-refractivity contribution in [3.8, 4) is 17.6 Å². The van der Waals surface area contributed by atoms with E-state index >= 15 is 0 Å². The van der Waals surface area contributed by atoms with Crippen LogP contribution in [0.1, 0.15) is 154 Å². The van der Waals surface area contributed by atoms with Crippen molar-refractivity contribution in [2.24, 2.45) is 35.5 Å². The van der Waals surface area contributed by atoms with Crippen molar-refractivity contribution in [2.45, 2.75) is 176 Å². The van der Waals surface area contributed by atoms with Crippen molar-refractivity contribution < 1.29 is 66.7 Å². The summed E-state index contributed by atoms with van der Waals surface area (Å²) in [6.45, 7) is 12.6. The van der Waals surface area contributed by atoms with Crippen molar-refractivity contribution in [3.05, 3.63) is 59.9 Å². The highest BCUT2D eigenvalue weighted by molar-refractivity contribution is 8.24. The Kier molecular flexibility index (Phi) is 26.0. The molecule has 0 aromatic heterocycles. The van der Waals surface area contributed by atoms with Crippen LogP contribution in [0.2, 0.25) is 0 Å². The number of esters is 6. The van der Waals surface area contributed by atoms with Gasteiger partial charge in [0.2, 0.25) is 0 Å². The lowest BCUT2D eigenvalue weighted by atomic mass is 9.70. The van der Waals surface area contributed by atoms with Crippen molar-refractivity contribution >= 4 is 59.3 Å². The van der Waals surface area contributed by atoms with Gasteiger partial charge in [0.15, 0.2) is 5.57 Å². The number of hydrogen-bond donors (Lipinski definition) is 0. The largest absolute Gasteiger partial charge is 0.463 e. The molecule has 15 nitrogen and oxygen atoms in total. The molecule has 5 aliphatic rings. The highest BCUT2D eigenvalue weighted by atomic mass is 32.2. The third kappa shape index (κ3) is 19.2. The quantitative estimate of drug-likeness (QED) is 0.0183. The first-order chi connectivity index (χ1) is 37.0. The highest BCUT2D eigenvalue weighted by Gasteiger charge is 2.38. The van der Waals surface area contributed by atoms with Crippen molar-refractivity contribution in [3.63, 3.8) is 0 Å². The molecule has 0 N–H and O–H groups in total. The maximum atomic E-state index is 13.9. The average Bonchev–Trinajstić information content (AvgIpc) is 3.91. The molecule has 1 aromatic carbocycles. The molecule has 4 aliphatic carbocycles. The van der Waals surface area contributed by atoms with E-state index in [1.807, 2.05) is 6.07 Å². The number of hydrogen-bond acceptors (Lipinski definition) is 17. The first kappa shape index (κ1) is 60.3. The number of fused-ring (bicyclic) bond motifs is 1. The van der Waals surface area contributed by atoms with Gasteiger partial charge < -0.3 is 37.9 Å². The van der Waals surface area contributed by atoms with E-state index in [-0.39, 0.29) is 78.2 Å². The van der Waals surface area contributed by atoms with E-state index in [2.05, 4.69) is 19.7 Å². The topological polar surface area (TPSA) is 200 Å². The molecule has 0 bridgehead atoms. The summed E-state index contributed by atoms with van der Waals surface area (Å²) in [6, 6.07) is 5.30. The van der Waals surface area contributed by atoms with Crippen LogP contribution in [0, 0.1) is 46.8 Å². The summed E-state index contributed by atoms with van der Waals surface area (Å²) < 4.78 is 45.6. The summed E-state index contributed by atoms with van der Waals surface area (Å²) in [5.74, 6) is -0.433. The molecule has 1 aromatic rings. The van der Waals surface area contributed by atoms with Crippen LogP contribution in [0.3, 0.4) is 0 Å². The first-order valence-corrected chi connectivity index (χ1v) is 29.5. The van der Waals surface area contributed by atoms with Crippen molar-refractivity contribution in [1.82, 2.24) is 0 Å². The van der Waals surface area contributed by atoms with E-state index in [1.165, 1.54) is 12.2 Å². The predicted octanol–water partition coefficient (Wildman–Crippen LogP) is 12.0. The number of ether oxygens (including phenoxy) is 8. The van der Waals surface area contributed by atoms with Gasteiger partial charge in [0.25, 0.3) is 0 Å². The maximum absolute atomic E-state index is 13.9. The zero-order valence-electron chi connectivity index (χ0n) is 44.3.